The number of hydrogen-bond acceptors (Lipinski definition) is 4. The van der Waals surface area contributed by atoms with Crippen LogP contribution in [-0.2, 0) is 22.6 Å². The molecule has 0 bridgehead atoms. The largest absolute Gasteiger partial charge is 0.493 e. The zero-order chi connectivity index (χ0) is 20.3. The number of ether oxygens (including phenoxy) is 2. The fourth-order valence-corrected chi connectivity index (χ4v) is 3.47. The van der Waals surface area contributed by atoms with Gasteiger partial charge in [-0.1, -0.05) is 24.3 Å². The van der Waals surface area contributed by atoms with Crippen molar-refractivity contribution in [2.75, 3.05) is 12.0 Å². The molecule has 0 aromatic heterocycles. The molecule has 1 heterocycles. The van der Waals surface area contributed by atoms with E-state index in [9.17, 15) is 9.59 Å². The topological polar surface area (TPSA) is 67.9 Å². The Labute approximate surface area is 165 Å². The minimum atomic E-state index is -0.527. The maximum absolute atomic E-state index is 12.8. The van der Waals surface area contributed by atoms with Crippen molar-refractivity contribution in [3.63, 3.8) is 0 Å². The Morgan fingerprint density at radius 1 is 1.18 bits per heavy atom. The van der Waals surface area contributed by atoms with E-state index >= 15 is 0 Å². The van der Waals surface area contributed by atoms with Gasteiger partial charge in [0.05, 0.1) is 13.2 Å². The zero-order valence-electron chi connectivity index (χ0n) is 16.7. The molecule has 6 nitrogen and oxygen atoms in total. The predicted molar refractivity (Wildman–Crippen MR) is 108 cm³/mol. The summed E-state index contributed by atoms with van der Waals surface area (Å²) >= 11 is 0. The molecule has 0 saturated heterocycles. The number of para-hydroxylation sites is 1. The molecule has 2 aromatic carbocycles. The lowest BCUT2D eigenvalue weighted by atomic mass is 10.1. The summed E-state index contributed by atoms with van der Waals surface area (Å²) in [7, 11) is 1.59. The zero-order valence-corrected chi connectivity index (χ0v) is 16.7. The average molecular weight is 382 g/mol. The van der Waals surface area contributed by atoms with Crippen molar-refractivity contribution in [1.82, 2.24) is 5.32 Å². The van der Waals surface area contributed by atoms with Crippen LogP contribution in [0.1, 0.15) is 31.9 Å². The monoisotopic (exact) mass is 382 g/mol. The van der Waals surface area contributed by atoms with Gasteiger partial charge in [0.1, 0.15) is 6.04 Å². The number of hydrogen-bond donors (Lipinski definition) is 1. The first-order valence-corrected chi connectivity index (χ1v) is 9.39. The Morgan fingerprint density at radius 2 is 1.93 bits per heavy atom. The highest BCUT2D eigenvalue weighted by Crippen LogP contribution is 2.32. The van der Waals surface area contributed by atoms with E-state index in [1.54, 1.807) is 12.0 Å². The van der Waals surface area contributed by atoms with Crippen molar-refractivity contribution in [2.45, 2.75) is 45.9 Å². The van der Waals surface area contributed by atoms with Gasteiger partial charge in [0, 0.05) is 25.6 Å². The molecule has 2 aromatic rings. The minimum Gasteiger partial charge on any atom is -0.493 e. The Balaban J connectivity index is 1.70. The second-order valence-corrected chi connectivity index (χ2v) is 7.11. The Kier molecular flexibility index (Phi) is 5.87. The number of carbonyl (C=O) groups excluding carboxylic acids is 2. The van der Waals surface area contributed by atoms with Crippen LogP contribution in [0.5, 0.6) is 11.5 Å². The fraction of sp³-hybridized carbons (Fsp3) is 0.364. The number of rotatable bonds is 6. The molecule has 3 rings (SSSR count). The van der Waals surface area contributed by atoms with Gasteiger partial charge in [-0.05, 0) is 43.2 Å². The van der Waals surface area contributed by atoms with Crippen LogP contribution in [0.25, 0.3) is 0 Å². The molecule has 0 fully saturated rings. The normalized spacial score (nSPS) is 15.3. The first-order valence-electron chi connectivity index (χ1n) is 9.39. The van der Waals surface area contributed by atoms with E-state index in [1.165, 1.54) is 6.92 Å². The minimum absolute atomic E-state index is 0.0426. The third-order valence-corrected chi connectivity index (χ3v) is 4.68. The van der Waals surface area contributed by atoms with Gasteiger partial charge in [-0.3, -0.25) is 14.5 Å². The summed E-state index contributed by atoms with van der Waals surface area (Å²) in [6.07, 6.45) is 0.563. The summed E-state index contributed by atoms with van der Waals surface area (Å²) in [5.41, 5.74) is 2.72. The molecular formula is C22H26N2O4. The van der Waals surface area contributed by atoms with Crippen LogP contribution >= 0.6 is 0 Å². The van der Waals surface area contributed by atoms with Gasteiger partial charge in [0.25, 0.3) is 0 Å². The number of carbonyl (C=O) groups is 2. The van der Waals surface area contributed by atoms with Crippen molar-refractivity contribution in [3.05, 3.63) is 53.6 Å². The van der Waals surface area contributed by atoms with Gasteiger partial charge in [-0.25, -0.2) is 0 Å². The molecule has 1 aliphatic rings. The number of fused-ring (bicyclic) bond motifs is 1. The Bertz CT molecular complexity index is 879. The smallest absolute Gasteiger partial charge is 0.243 e. The molecule has 0 radical (unpaired) electrons. The van der Waals surface area contributed by atoms with Crippen LogP contribution < -0.4 is 19.7 Å². The van der Waals surface area contributed by atoms with Gasteiger partial charge >= 0.3 is 0 Å². The third-order valence-electron chi connectivity index (χ3n) is 4.68. The van der Waals surface area contributed by atoms with Gasteiger partial charge in [0.2, 0.25) is 11.8 Å². The van der Waals surface area contributed by atoms with E-state index in [0.29, 0.717) is 24.5 Å². The molecule has 1 aliphatic heterocycles. The maximum Gasteiger partial charge on any atom is 0.243 e. The molecule has 1 N–H and O–H groups in total. The highest BCUT2D eigenvalue weighted by atomic mass is 16.5. The number of amides is 2. The van der Waals surface area contributed by atoms with Gasteiger partial charge in [0.15, 0.2) is 11.5 Å². The quantitative estimate of drug-likeness (QED) is 0.834. The Morgan fingerprint density at radius 3 is 2.61 bits per heavy atom. The summed E-state index contributed by atoms with van der Waals surface area (Å²) in [4.78, 5) is 26.5. The number of anilines is 1. The first kappa shape index (κ1) is 19.7. The highest BCUT2D eigenvalue weighted by Gasteiger charge is 2.36. The average Bonchev–Trinajstić information content (AvgIpc) is 3.06. The van der Waals surface area contributed by atoms with Crippen molar-refractivity contribution in [1.29, 1.82) is 0 Å². The number of nitrogens with zero attached hydrogens (tertiary/aromatic N) is 1. The van der Waals surface area contributed by atoms with Gasteiger partial charge in [-0.15, -0.1) is 0 Å². The molecule has 28 heavy (non-hydrogen) atoms. The second kappa shape index (κ2) is 8.33. The predicted octanol–water partition coefficient (Wildman–Crippen LogP) is 3.08. The molecule has 148 valence electrons. The van der Waals surface area contributed by atoms with Crippen molar-refractivity contribution in [3.8, 4) is 11.5 Å². The molecular weight excluding hydrogens is 356 g/mol. The summed E-state index contributed by atoms with van der Waals surface area (Å²) in [5, 5.41) is 2.94. The van der Waals surface area contributed by atoms with Gasteiger partial charge in [-0.2, -0.15) is 0 Å². The molecule has 1 atom stereocenters. The standard InChI is InChI=1S/C22H26N2O4/c1-14(2)28-20-10-9-16(11-21(20)27-4)13-23-22(26)19-12-17-7-5-6-8-18(17)24(19)15(3)25/h5-11,14,19H,12-13H2,1-4H3,(H,23,26)/t19-/m0/s1. The number of methoxy groups -OCH3 is 1. The first-order chi connectivity index (χ1) is 13.4. The lowest BCUT2D eigenvalue weighted by molar-refractivity contribution is -0.125. The lowest BCUT2D eigenvalue weighted by Gasteiger charge is -2.23. The fourth-order valence-electron chi connectivity index (χ4n) is 3.47. The molecule has 0 unspecified atom stereocenters. The number of nitrogens with one attached hydrogen (secondary N) is 1. The van der Waals surface area contributed by atoms with Crippen molar-refractivity contribution in [2.24, 2.45) is 0 Å². The number of benzene rings is 2. The molecule has 2 amide bonds. The van der Waals surface area contributed by atoms with Crippen LogP contribution in [0.3, 0.4) is 0 Å². The van der Waals surface area contributed by atoms with E-state index in [0.717, 1.165) is 16.8 Å². The van der Waals surface area contributed by atoms with Crippen LogP contribution in [-0.4, -0.2) is 31.1 Å². The van der Waals surface area contributed by atoms with E-state index in [2.05, 4.69) is 5.32 Å². The third kappa shape index (κ3) is 4.11. The van der Waals surface area contributed by atoms with Crippen LogP contribution in [0, 0.1) is 0 Å². The van der Waals surface area contributed by atoms with E-state index in [1.807, 2.05) is 56.3 Å². The molecule has 0 aliphatic carbocycles. The summed E-state index contributed by atoms with van der Waals surface area (Å²) in [6, 6.07) is 12.7. The summed E-state index contributed by atoms with van der Waals surface area (Å²) in [5.74, 6) is 0.982. The van der Waals surface area contributed by atoms with Crippen molar-refractivity contribution < 1.29 is 19.1 Å². The Hall–Kier alpha value is -3.02. The van der Waals surface area contributed by atoms with Crippen LogP contribution in [0.4, 0.5) is 5.69 Å². The second-order valence-electron chi connectivity index (χ2n) is 7.11. The molecule has 0 saturated carbocycles. The van der Waals surface area contributed by atoms with Crippen LogP contribution in [0.2, 0.25) is 0 Å². The van der Waals surface area contributed by atoms with E-state index in [4.69, 9.17) is 9.47 Å². The van der Waals surface area contributed by atoms with E-state index in [-0.39, 0.29) is 17.9 Å². The summed E-state index contributed by atoms with van der Waals surface area (Å²) < 4.78 is 11.1. The maximum atomic E-state index is 12.8. The van der Waals surface area contributed by atoms with Crippen molar-refractivity contribution >= 4 is 17.5 Å². The lowest BCUT2D eigenvalue weighted by Crippen LogP contribution is -2.47. The molecule has 6 heteroatoms. The van der Waals surface area contributed by atoms with Crippen LogP contribution in [0.15, 0.2) is 42.5 Å². The summed E-state index contributed by atoms with van der Waals surface area (Å²) in [6.45, 7) is 5.73. The SMILES string of the molecule is COc1cc(CNC(=O)[C@@H]2Cc3ccccc3N2C(C)=O)ccc1OC(C)C. The van der Waals surface area contributed by atoms with E-state index < -0.39 is 6.04 Å². The van der Waals surface area contributed by atoms with Gasteiger partial charge < -0.3 is 14.8 Å². The highest BCUT2D eigenvalue weighted by molar-refractivity contribution is 6.02. The molecule has 0 spiro atoms.